The molecule has 1 heterocycles. The fraction of sp³-hybridized carbons (Fsp3) is 0.320. The second-order valence-electron chi connectivity index (χ2n) is 8.12. The maximum Gasteiger partial charge on any atom is 0.243 e. The molecule has 0 fully saturated rings. The molecule has 0 aliphatic rings. The summed E-state index contributed by atoms with van der Waals surface area (Å²) in [7, 11) is 0. The highest BCUT2D eigenvalue weighted by Gasteiger charge is 2.26. The lowest BCUT2D eigenvalue weighted by Crippen LogP contribution is -2.53. The van der Waals surface area contributed by atoms with Crippen LogP contribution < -0.4 is 22.1 Å². The monoisotopic (exact) mass is 433 g/mol. The lowest BCUT2D eigenvalue weighted by atomic mass is 9.96. The molecule has 7 heteroatoms. The molecule has 2 aromatic carbocycles. The summed E-state index contributed by atoms with van der Waals surface area (Å²) in [5, 5.41) is 7.91. The minimum absolute atomic E-state index is 0.0112. The zero-order chi connectivity index (χ0) is 23.1. The van der Waals surface area contributed by atoms with Crippen LogP contribution in [0.2, 0.25) is 0 Å². The molecule has 0 radical (unpaired) electrons. The zero-order valence-corrected chi connectivity index (χ0v) is 18.5. The summed E-state index contributed by atoms with van der Waals surface area (Å²) in [6.45, 7) is 4.20. The molecule has 2 amide bonds. The van der Waals surface area contributed by atoms with E-state index in [4.69, 9.17) is 11.5 Å². The average Bonchev–Trinajstić information content (AvgIpc) is 2.82. The van der Waals surface area contributed by atoms with Gasteiger partial charge in [0.2, 0.25) is 11.8 Å². The van der Waals surface area contributed by atoms with Gasteiger partial charge >= 0.3 is 0 Å². The standard InChI is InChI=1S/C25H31N5O2/c1-3-16(2)23(27)25(32)30-21(24(31)29-15-17-11-12-22(26)28-14-17)13-19-9-6-8-18-7-4-5-10-20(18)19/h4-12,14,16,21,23H,3,13,15,27H2,1-2H3,(H2,26,28)(H,29,31)(H,30,32)/t16?,21?,23-/m1/s1. The number of pyridine rings is 1. The van der Waals surface area contributed by atoms with Crippen LogP contribution in [0.1, 0.15) is 31.4 Å². The first-order valence-corrected chi connectivity index (χ1v) is 10.9. The number of fused-ring (bicyclic) bond motifs is 1. The van der Waals surface area contributed by atoms with Crippen LogP contribution in [0.15, 0.2) is 60.8 Å². The topological polar surface area (TPSA) is 123 Å². The van der Waals surface area contributed by atoms with Crippen LogP contribution in [0.4, 0.5) is 5.82 Å². The Morgan fingerprint density at radius 3 is 2.50 bits per heavy atom. The van der Waals surface area contributed by atoms with Crippen LogP contribution in [0.25, 0.3) is 10.8 Å². The number of aromatic nitrogens is 1. The Morgan fingerprint density at radius 2 is 1.78 bits per heavy atom. The van der Waals surface area contributed by atoms with Crippen molar-refractivity contribution in [2.75, 3.05) is 5.73 Å². The Bertz CT molecular complexity index is 1060. The maximum absolute atomic E-state index is 13.1. The highest BCUT2D eigenvalue weighted by Crippen LogP contribution is 2.20. The van der Waals surface area contributed by atoms with Crippen LogP contribution >= 0.6 is 0 Å². The molecule has 32 heavy (non-hydrogen) atoms. The van der Waals surface area contributed by atoms with E-state index in [0.29, 0.717) is 12.2 Å². The molecule has 3 aromatic rings. The molecule has 0 aliphatic heterocycles. The van der Waals surface area contributed by atoms with Crippen molar-refractivity contribution in [1.82, 2.24) is 15.6 Å². The van der Waals surface area contributed by atoms with Gasteiger partial charge in [0, 0.05) is 19.2 Å². The predicted molar refractivity (Wildman–Crippen MR) is 128 cm³/mol. The number of benzene rings is 2. The molecule has 3 atom stereocenters. The van der Waals surface area contributed by atoms with Crippen molar-refractivity contribution in [3.8, 4) is 0 Å². The number of carbonyl (C=O) groups is 2. The second-order valence-corrected chi connectivity index (χ2v) is 8.12. The molecule has 3 rings (SSSR count). The first kappa shape index (κ1) is 23.2. The first-order chi connectivity index (χ1) is 15.4. The fourth-order valence-electron chi connectivity index (χ4n) is 3.53. The second kappa shape index (κ2) is 10.7. The summed E-state index contributed by atoms with van der Waals surface area (Å²) < 4.78 is 0. The number of rotatable bonds is 9. The molecule has 0 bridgehead atoms. The van der Waals surface area contributed by atoms with Crippen molar-refractivity contribution in [3.63, 3.8) is 0 Å². The van der Waals surface area contributed by atoms with Crippen molar-refractivity contribution in [2.45, 2.75) is 45.3 Å². The van der Waals surface area contributed by atoms with Gasteiger partial charge in [0.05, 0.1) is 6.04 Å². The van der Waals surface area contributed by atoms with Crippen LogP contribution in [0, 0.1) is 5.92 Å². The number of nitrogens with one attached hydrogen (secondary N) is 2. The molecule has 1 aromatic heterocycles. The summed E-state index contributed by atoms with van der Waals surface area (Å²) in [5.74, 6) is -0.175. The van der Waals surface area contributed by atoms with E-state index in [0.717, 1.165) is 28.3 Å². The Balaban J connectivity index is 1.80. The molecule has 0 aliphatic carbocycles. The molecule has 7 nitrogen and oxygen atoms in total. The quantitative estimate of drug-likeness (QED) is 0.413. The summed E-state index contributed by atoms with van der Waals surface area (Å²) in [4.78, 5) is 29.9. The number of nitrogens with two attached hydrogens (primary N) is 2. The Hall–Kier alpha value is -3.45. The van der Waals surface area contributed by atoms with E-state index in [1.807, 2.05) is 56.3 Å². The highest BCUT2D eigenvalue weighted by molar-refractivity contribution is 5.91. The third-order valence-corrected chi connectivity index (χ3v) is 5.81. The van der Waals surface area contributed by atoms with Gasteiger partial charge in [0.25, 0.3) is 0 Å². The van der Waals surface area contributed by atoms with Crippen molar-refractivity contribution in [1.29, 1.82) is 0 Å². The summed E-state index contributed by atoms with van der Waals surface area (Å²) >= 11 is 0. The average molecular weight is 434 g/mol. The molecular weight excluding hydrogens is 402 g/mol. The van der Waals surface area contributed by atoms with Crippen molar-refractivity contribution in [3.05, 3.63) is 71.9 Å². The van der Waals surface area contributed by atoms with Gasteiger partial charge in [0.15, 0.2) is 0 Å². The SMILES string of the molecule is CCC(C)[C@@H](N)C(=O)NC(Cc1cccc2ccccc12)C(=O)NCc1ccc(N)nc1. The molecule has 0 saturated heterocycles. The van der Waals surface area contributed by atoms with Gasteiger partial charge in [-0.15, -0.1) is 0 Å². The van der Waals surface area contributed by atoms with Gasteiger partial charge in [0.1, 0.15) is 11.9 Å². The number of hydrogen-bond donors (Lipinski definition) is 4. The Morgan fingerprint density at radius 1 is 1.03 bits per heavy atom. The van der Waals surface area contributed by atoms with Gasteiger partial charge in [-0.2, -0.15) is 0 Å². The van der Waals surface area contributed by atoms with Gasteiger partial charge in [-0.05, 0) is 33.9 Å². The fourth-order valence-corrected chi connectivity index (χ4v) is 3.53. The van der Waals surface area contributed by atoms with Gasteiger partial charge in [-0.1, -0.05) is 68.8 Å². The van der Waals surface area contributed by atoms with Crippen molar-refractivity contribution < 1.29 is 9.59 Å². The molecule has 168 valence electrons. The highest BCUT2D eigenvalue weighted by atomic mass is 16.2. The van der Waals surface area contributed by atoms with Gasteiger partial charge in [-0.25, -0.2) is 4.98 Å². The first-order valence-electron chi connectivity index (χ1n) is 10.9. The molecule has 0 spiro atoms. The van der Waals surface area contributed by atoms with E-state index in [9.17, 15) is 9.59 Å². The minimum atomic E-state index is -0.759. The number of nitrogen functional groups attached to an aromatic ring is 1. The van der Waals surface area contributed by atoms with Crippen LogP contribution in [-0.4, -0.2) is 28.9 Å². The van der Waals surface area contributed by atoms with Crippen LogP contribution in [0.5, 0.6) is 0 Å². The van der Waals surface area contributed by atoms with E-state index >= 15 is 0 Å². The number of hydrogen-bond acceptors (Lipinski definition) is 5. The van der Waals surface area contributed by atoms with Gasteiger partial charge < -0.3 is 22.1 Å². The van der Waals surface area contributed by atoms with Crippen molar-refractivity contribution in [2.24, 2.45) is 11.7 Å². The zero-order valence-electron chi connectivity index (χ0n) is 18.5. The van der Waals surface area contributed by atoms with Crippen LogP contribution in [-0.2, 0) is 22.6 Å². The lowest BCUT2D eigenvalue weighted by Gasteiger charge is -2.23. The van der Waals surface area contributed by atoms with Crippen molar-refractivity contribution >= 4 is 28.4 Å². The number of carbonyl (C=O) groups excluding carboxylic acids is 2. The Labute approximate surface area is 188 Å². The smallest absolute Gasteiger partial charge is 0.243 e. The number of amides is 2. The van der Waals surface area contributed by atoms with Gasteiger partial charge in [-0.3, -0.25) is 9.59 Å². The van der Waals surface area contributed by atoms with E-state index < -0.39 is 12.1 Å². The minimum Gasteiger partial charge on any atom is -0.384 e. The normalized spacial score (nSPS) is 13.8. The third kappa shape index (κ3) is 5.82. The third-order valence-electron chi connectivity index (χ3n) is 5.81. The largest absolute Gasteiger partial charge is 0.384 e. The maximum atomic E-state index is 13.1. The van der Waals surface area contributed by atoms with Crippen LogP contribution in [0.3, 0.4) is 0 Å². The predicted octanol–water partition coefficient (Wildman–Crippen LogP) is 2.53. The molecule has 0 saturated carbocycles. The molecular formula is C25H31N5O2. The lowest BCUT2D eigenvalue weighted by molar-refractivity contribution is -0.130. The summed E-state index contributed by atoms with van der Waals surface area (Å²) in [6.07, 6.45) is 2.75. The molecule has 6 N–H and O–H groups in total. The number of nitrogens with zero attached hydrogens (tertiary/aromatic N) is 1. The van der Waals surface area contributed by atoms with E-state index in [1.54, 1.807) is 18.3 Å². The van der Waals surface area contributed by atoms with E-state index in [-0.39, 0.29) is 24.3 Å². The summed E-state index contributed by atoms with van der Waals surface area (Å²) in [5.41, 5.74) is 13.5. The molecule has 2 unspecified atom stereocenters. The Kier molecular flexibility index (Phi) is 7.78. The summed E-state index contributed by atoms with van der Waals surface area (Å²) in [6, 6.07) is 16.0. The van der Waals surface area contributed by atoms with E-state index in [1.165, 1.54) is 0 Å². The van der Waals surface area contributed by atoms with E-state index in [2.05, 4.69) is 15.6 Å². The number of anilines is 1.